The maximum atomic E-state index is 12.5. The molecule has 0 saturated carbocycles. The van der Waals surface area contributed by atoms with Crippen LogP contribution in [0.15, 0.2) is 35.6 Å². The molecule has 2 aromatic rings. The van der Waals surface area contributed by atoms with Crippen LogP contribution in [0.5, 0.6) is 5.75 Å². The van der Waals surface area contributed by atoms with Gasteiger partial charge >= 0.3 is 0 Å². The van der Waals surface area contributed by atoms with Crippen molar-refractivity contribution in [1.29, 1.82) is 0 Å². The number of rotatable bonds is 6. The quantitative estimate of drug-likeness (QED) is 0.874. The summed E-state index contributed by atoms with van der Waals surface area (Å²) >= 11 is 5.98. The van der Waals surface area contributed by atoms with E-state index in [9.17, 15) is 8.42 Å². The summed E-state index contributed by atoms with van der Waals surface area (Å²) in [5.74, 6) is 0.629. The van der Waals surface area contributed by atoms with Gasteiger partial charge in [-0.25, -0.2) is 18.1 Å². The number of imidazole rings is 1. The van der Waals surface area contributed by atoms with Crippen LogP contribution in [0.3, 0.4) is 0 Å². The SMILES string of the molecule is CCC(NS(=O)(=O)c1ncn(C)c1Cl)c1ccccc1OC. The number of halogens is 1. The Morgan fingerprint density at radius 3 is 2.64 bits per heavy atom. The smallest absolute Gasteiger partial charge is 0.261 e. The number of benzene rings is 1. The maximum absolute atomic E-state index is 12.5. The Morgan fingerprint density at radius 1 is 1.41 bits per heavy atom. The summed E-state index contributed by atoms with van der Waals surface area (Å²) < 4.78 is 34.4. The molecule has 0 aliphatic rings. The number of nitrogens with zero attached hydrogens (tertiary/aromatic N) is 2. The van der Waals surface area contributed by atoms with Gasteiger partial charge in [-0.3, -0.25) is 0 Å². The van der Waals surface area contributed by atoms with Crippen molar-refractivity contribution in [3.63, 3.8) is 0 Å². The van der Waals surface area contributed by atoms with Crippen LogP contribution in [0.1, 0.15) is 24.9 Å². The Bertz CT molecular complexity index is 758. The van der Waals surface area contributed by atoms with Crippen LogP contribution in [0.25, 0.3) is 0 Å². The second-order valence-electron chi connectivity index (χ2n) is 4.78. The lowest BCUT2D eigenvalue weighted by atomic mass is 10.0. The van der Waals surface area contributed by atoms with Gasteiger partial charge in [0, 0.05) is 12.6 Å². The maximum Gasteiger partial charge on any atom is 0.261 e. The van der Waals surface area contributed by atoms with E-state index in [-0.39, 0.29) is 10.2 Å². The van der Waals surface area contributed by atoms with Crippen LogP contribution < -0.4 is 9.46 Å². The minimum Gasteiger partial charge on any atom is -0.496 e. The number of aromatic nitrogens is 2. The van der Waals surface area contributed by atoms with Crippen molar-refractivity contribution in [3.05, 3.63) is 41.3 Å². The molecule has 0 bridgehead atoms. The zero-order chi connectivity index (χ0) is 16.3. The number of methoxy groups -OCH3 is 1. The summed E-state index contributed by atoms with van der Waals surface area (Å²) in [4.78, 5) is 3.86. The largest absolute Gasteiger partial charge is 0.496 e. The molecular weight excluding hydrogens is 326 g/mol. The highest BCUT2D eigenvalue weighted by molar-refractivity contribution is 7.89. The van der Waals surface area contributed by atoms with Crippen LogP contribution >= 0.6 is 11.6 Å². The first-order valence-corrected chi connectivity index (χ1v) is 8.58. The van der Waals surface area contributed by atoms with Crippen molar-refractivity contribution in [2.45, 2.75) is 24.4 Å². The van der Waals surface area contributed by atoms with Crippen LogP contribution in [0.2, 0.25) is 5.15 Å². The van der Waals surface area contributed by atoms with E-state index < -0.39 is 16.1 Å². The minimum absolute atomic E-state index is 0.0716. The third-order valence-electron chi connectivity index (χ3n) is 3.31. The molecule has 2 rings (SSSR count). The first kappa shape index (κ1) is 16.8. The first-order valence-electron chi connectivity index (χ1n) is 6.72. The molecule has 0 amide bonds. The molecule has 6 nitrogen and oxygen atoms in total. The Kier molecular flexibility index (Phi) is 5.10. The molecule has 22 heavy (non-hydrogen) atoms. The second-order valence-corrected chi connectivity index (χ2v) is 6.76. The number of hydrogen-bond donors (Lipinski definition) is 1. The van der Waals surface area contributed by atoms with Crippen molar-refractivity contribution in [2.75, 3.05) is 7.11 Å². The van der Waals surface area contributed by atoms with Crippen molar-refractivity contribution in [3.8, 4) is 5.75 Å². The molecule has 120 valence electrons. The molecule has 0 saturated heterocycles. The van der Waals surface area contributed by atoms with Gasteiger partial charge in [0.05, 0.1) is 19.5 Å². The standard InChI is InChI=1S/C14H18ClN3O3S/c1-4-11(10-7-5-6-8-12(10)21-3)17-22(19,20)14-13(15)18(2)9-16-14/h5-9,11,17H,4H2,1-3H3. The van der Waals surface area contributed by atoms with Gasteiger partial charge < -0.3 is 9.30 Å². The van der Waals surface area contributed by atoms with Gasteiger partial charge in [-0.2, -0.15) is 0 Å². The summed E-state index contributed by atoms with van der Waals surface area (Å²) in [6.07, 6.45) is 1.92. The molecular formula is C14H18ClN3O3S. The first-order chi connectivity index (χ1) is 10.4. The normalized spacial score (nSPS) is 13.1. The molecule has 0 spiro atoms. The second kappa shape index (κ2) is 6.68. The molecule has 0 fully saturated rings. The fraction of sp³-hybridized carbons (Fsp3) is 0.357. The topological polar surface area (TPSA) is 73.2 Å². The summed E-state index contributed by atoms with van der Waals surface area (Å²) in [5, 5.41) is -0.104. The number of para-hydroxylation sites is 1. The van der Waals surface area contributed by atoms with Crippen molar-refractivity contribution >= 4 is 21.6 Å². The lowest BCUT2D eigenvalue weighted by Gasteiger charge is -2.19. The predicted molar refractivity (Wildman–Crippen MR) is 84.6 cm³/mol. The monoisotopic (exact) mass is 343 g/mol. The van der Waals surface area contributed by atoms with Gasteiger partial charge in [-0.15, -0.1) is 0 Å². The highest BCUT2D eigenvalue weighted by Gasteiger charge is 2.27. The number of aryl methyl sites for hydroxylation is 1. The van der Waals surface area contributed by atoms with E-state index in [1.54, 1.807) is 20.2 Å². The molecule has 1 heterocycles. The molecule has 8 heteroatoms. The zero-order valence-corrected chi connectivity index (χ0v) is 14.1. The number of sulfonamides is 1. The van der Waals surface area contributed by atoms with Gasteiger partial charge in [0.25, 0.3) is 10.0 Å². The zero-order valence-electron chi connectivity index (χ0n) is 12.6. The third-order valence-corrected chi connectivity index (χ3v) is 5.27. The lowest BCUT2D eigenvalue weighted by Crippen LogP contribution is -2.29. The highest BCUT2D eigenvalue weighted by atomic mass is 35.5. The molecule has 1 aromatic heterocycles. The fourth-order valence-electron chi connectivity index (χ4n) is 2.14. The molecule has 0 radical (unpaired) electrons. The average Bonchev–Trinajstić information content (AvgIpc) is 2.85. The van der Waals surface area contributed by atoms with Gasteiger partial charge in [-0.1, -0.05) is 36.7 Å². The molecule has 1 N–H and O–H groups in total. The van der Waals surface area contributed by atoms with E-state index >= 15 is 0 Å². The lowest BCUT2D eigenvalue weighted by molar-refractivity contribution is 0.402. The van der Waals surface area contributed by atoms with E-state index in [1.165, 1.54) is 10.9 Å². The van der Waals surface area contributed by atoms with E-state index in [1.807, 2.05) is 25.1 Å². The van der Waals surface area contributed by atoms with E-state index in [2.05, 4.69) is 9.71 Å². The van der Waals surface area contributed by atoms with Crippen LogP contribution in [-0.2, 0) is 17.1 Å². The van der Waals surface area contributed by atoms with Crippen molar-refractivity contribution in [2.24, 2.45) is 7.05 Å². The summed E-state index contributed by atoms with van der Waals surface area (Å²) in [5.41, 5.74) is 0.767. The van der Waals surface area contributed by atoms with Crippen molar-refractivity contribution in [1.82, 2.24) is 14.3 Å². The van der Waals surface area contributed by atoms with E-state index in [0.717, 1.165) is 5.56 Å². The molecule has 1 atom stereocenters. The summed E-state index contributed by atoms with van der Waals surface area (Å²) in [7, 11) is -0.642. The molecule has 0 aliphatic carbocycles. The van der Waals surface area contributed by atoms with Gasteiger partial charge in [0.1, 0.15) is 10.9 Å². The Labute approximate surface area is 135 Å². The number of nitrogens with one attached hydrogen (secondary N) is 1. The highest BCUT2D eigenvalue weighted by Crippen LogP contribution is 2.29. The summed E-state index contributed by atoms with van der Waals surface area (Å²) in [6.45, 7) is 1.89. The number of ether oxygens (including phenoxy) is 1. The van der Waals surface area contributed by atoms with Gasteiger partial charge in [0.2, 0.25) is 5.03 Å². The van der Waals surface area contributed by atoms with Crippen LogP contribution in [0.4, 0.5) is 0 Å². The minimum atomic E-state index is -3.82. The third kappa shape index (κ3) is 3.26. The van der Waals surface area contributed by atoms with Gasteiger partial charge in [-0.05, 0) is 12.5 Å². The number of hydrogen-bond acceptors (Lipinski definition) is 4. The predicted octanol–water partition coefficient (Wildman–Crippen LogP) is 2.51. The fourth-order valence-corrected chi connectivity index (χ4v) is 3.87. The van der Waals surface area contributed by atoms with Crippen LogP contribution in [0, 0.1) is 0 Å². The molecule has 1 aromatic carbocycles. The average molecular weight is 344 g/mol. The van der Waals surface area contributed by atoms with Gasteiger partial charge in [0.15, 0.2) is 0 Å². The Balaban J connectivity index is 2.36. The Hall–Kier alpha value is -1.57. The Morgan fingerprint density at radius 2 is 2.09 bits per heavy atom. The molecule has 1 unspecified atom stereocenters. The van der Waals surface area contributed by atoms with E-state index in [4.69, 9.17) is 16.3 Å². The molecule has 0 aliphatic heterocycles. The van der Waals surface area contributed by atoms with Crippen molar-refractivity contribution < 1.29 is 13.2 Å². The van der Waals surface area contributed by atoms with E-state index in [0.29, 0.717) is 12.2 Å². The van der Waals surface area contributed by atoms with Crippen LogP contribution in [-0.4, -0.2) is 25.1 Å². The summed E-state index contributed by atoms with van der Waals surface area (Å²) in [6, 6.07) is 6.86.